The van der Waals surface area contributed by atoms with Gasteiger partial charge in [-0.05, 0) is 33.1 Å². The molecule has 0 aromatic carbocycles. The van der Waals surface area contributed by atoms with Crippen LogP contribution in [0.5, 0.6) is 0 Å². The van der Waals surface area contributed by atoms with Crippen molar-refractivity contribution >= 4 is 5.97 Å². The summed E-state index contributed by atoms with van der Waals surface area (Å²) in [6, 6.07) is 0.896. The lowest BCUT2D eigenvalue weighted by Gasteiger charge is -2.22. The van der Waals surface area contributed by atoms with Crippen LogP contribution in [0.25, 0.3) is 0 Å². The largest absolute Gasteiger partial charge is 0.481 e. The Kier molecular flexibility index (Phi) is 3.50. The van der Waals surface area contributed by atoms with E-state index >= 15 is 0 Å². The van der Waals surface area contributed by atoms with E-state index in [-0.39, 0.29) is 5.92 Å². The first-order valence-corrected chi connectivity index (χ1v) is 7.46. The molecule has 1 aromatic heterocycles. The number of carbonyl (C=O) groups is 1. The van der Waals surface area contributed by atoms with Crippen molar-refractivity contribution < 1.29 is 9.90 Å². The van der Waals surface area contributed by atoms with Gasteiger partial charge in [-0.1, -0.05) is 5.21 Å². The number of hydrogen-bond donors (Lipinski definition) is 1. The van der Waals surface area contributed by atoms with Crippen molar-refractivity contribution in [2.24, 2.45) is 5.92 Å². The van der Waals surface area contributed by atoms with Gasteiger partial charge in [0.2, 0.25) is 0 Å². The van der Waals surface area contributed by atoms with Gasteiger partial charge in [-0.2, -0.15) is 0 Å². The van der Waals surface area contributed by atoms with Crippen LogP contribution in [0.4, 0.5) is 0 Å². The van der Waals surface area contributed by atoms with Crippen LogP contribution in [0.2, 0.25) is 0 Å². The maximum atomic E-state index is 11.2. The van der Waals surface area contributed by atoms with Gasteiger partial charge in [-0.15, -0.1) is 5.10 Å². The van der Waals surface area contributed by atoms with Gasteiger partial charge in [0.05, 0.1) is 23.3 Å². The Morgan fingerprint density at radius 1 is 1.40 bits per heavy atom. The van der Waals surface area contributed by atoms with Gasteiger partial charge in [-0.25, -0.2) is 4.68 Å². The number of aromatic nitrogens is 3. The third-order valence-corrected chi connectivity index (χ3v) is 4.66. The predicted octanol–water partition coefficient (Wildman–Crippen LogP) is 1.12. The Balaban J connectivity index is 1.79. The maximum absolute atomic E-state index is 11.2. The van der Waals surface area contributed by atoms with E-state index < -0.39 is 5.97 Å². The lowest BCUT2D eigenvalue weighted by molar-refractivity contribution is -0.142. The lowest BCUT2D eigenvalue weighted by Crippen LogP contribution is -2.30. The number of carboxylic acids is 1. The van der Waals surface area contributed by atoms with Gasteiger partial charge in [0.25, 0.3) is 0 Å². The summed E-state index contributed by atoms with van der Waals surface area (Å²) in [6.07, 6.45) is 3.08. The van der Waals surface area contributed by atoms with Crippen molar-refractivity contribution in [3.63, 3.8) is 0 Å². The van der Waals surface area contributed by atoms with Crippen molar-refractivity contribution in [2.45, 2.75) is 51.6 Å². The fourth-order valence-corrected chi connectivity index (χ4v) is 3.34. The van der Waals surface area contributed by atoms with E-state index in [1.165, 1.54) is 0 Å². The first-order valence-electron chi connectivity index (χ1n) is 7.46. The normalized spacial score (nSPS) is 26.9. The van der Waals surface area contributed by atoms with Crippen molar-refractivity contribution in [1.29, 1.82) is 0 Å². The Bertz CT molecular complexity index is 511. The molecule has 3 rings (SSSR count). The number of nitrogens with zero attached hydrogens (tertiary/aromatic N) is 4. The second kappa shape index (κ2) is 5.16. The Morgan fingerprint density at radius 3 is 2.85 bits per heavy atom. The zero-order valence-corrected chi connectivity index (χ0v) is 12.1. The van der Waals surface area contributed by atoms with E-state index in [1.54, 1.807) is 0 Å². The van der Waals surface area contributed by atoms with Gasteiger partial charge in [0, 0.05) is 25.6 Å². The van der Waals surface area contributed by atoms with Gasteiger partial charge in [-0.3, -0.25) is 9.69 Å². The molecular weight excluding hydrogens is 256 g/mol. The van der Waals surface area contributed by atoms with E-state index in [1.807, 2.05) is 4.68 Å². The first-order chi connectivity index (χ1) is 9.56. The molecule has 6 heteroatoms. The molecule has 20 heavy (non-hydrogen) atoms. The summed E-state index contributed by atoms with van der Waals surface area (Å²) < 4.78 is 2.01. The molecule has 0 saturated carbocycles. The number of likely N-dealkylation sites (tertiary alicyclic amines) is 1. The highest BCUT2D eigenvalue weighted by atomic mass is 16.4. The minimum atomic E-state index is -0.696. The Morgan fingerprint density at radius 2 is 2.20 bits per heavy atom. The molecule has 0 radical (unpaired) electrons. The molecule has 2 aliphatic rings. The highest BCUT2D eigenvalue weighted by Crippen LogP contribution is 2.29. The van der Waals surface area contributed by atoms with Crippen LogP contribution >= 0.6 is 0 Å². The number of aryl methyl sites for hydroxylation is 1. The summed E-state index contributed by atoms with van der Waals surface area (Å²) >= 11 is 0. The molecule has 1 aliphatic carbocycles. The van der Waals surface area contributed by atoms with Crippen molar-refractivity contribution in [3.8, 4) is 0 Å². The highest BCUT2D eigenvalue weighted by molar-refractivity contribution is 5.70. The summed E-state index contributed by atoms with van der Waals surface area (Å²) in [5.74, 6) is -0.971. The van der Waals surface area contributed by atoms with E-state index in [0.717, 1.165) is 37.3 Å². The molecule has 1 aromatic rings. The molecule has 0 unspecified atom stereocenters. The van der Waals surface area contributed by atoms with Gasteiger partial charge in [0.15, 0.2) is 0 Å². The molecule has 0 amide bonds. The molecule has 2 heterocycles. The van der Waals surface area contributed by atoms with Crippen LogP contribution in [-0.4, -0.2) is 50.1 Å². The molecule has 110 valence electrons. The summed E-state index contributed by atoms with van der Waals surface area (Å²) in [4.78, 5) is 13.6. The third kappa shape index (κ3) is 2.32. The molecule has 0 spiro atoms. The topological polar surface area (TPSA) is 71.2 Å². The summed E-state index contributed by atoms with van der Waals surface area (Å²) in [5.41, 5.74) is 2.06. The number of fused-ring (bicyclic) bond motifs is 1. The zero-order valence-electron chi connectivity index (χ0n) is 12.1. The monoisotopic (exact) mass is 278 g/mol. The van der Waals surface area contributed by atoms with Crippen molar-refractivity contribution in [3.05, 3.63) is 11.4 Å². The SMILES string of the molecule is CC(C)N1CC[C@H](n2nnc3c2C[C@H](C(=O)O)CC3)C1. The quantitative estimate of drug-likeness (QED) is 0.897. The Hall–Kier alpha value is -1.43. The van der Waals surface area contributed by atoms with Gasteiger partial charge >= 0.3 is 5.97 Å². The maximum Gasteiger partial charge on any atom is 0.306 e. The first kappa shape index (κ1) is 13.5. The highest BCUT2D eigenvalue weighted by Gasteiger charge is 2.33. The average molecular weight is 278 g/mol. The molecule has 1 saturated heterocycles. The van der Waals surface area contributed by atoms with E-state index in [4.69, 9.17) is 0 Å². The van der Waals surface area contributed by atoms with E-state index in [9.17, 15) is 9.90 Å². The standard InChI is InChI=1S/C14H22N4O2/c1-9(2)17-6-5-11(8-17)18-13-7-10(14(19)20)3-4-12(13)15-16-18/h9-11H,3-8H2,1-2H3,(H,19,20)/t10-,11+/m1/s1. The van der Waals surface area contributed by atoms with Crippen LogP contribution < -0.4 is 0 Å². The molecule has 6 nitrogen and oxygen atoms in total. The van der Waals surface area contributed by atoms with Gasteiger partial charge in [0.1, 0.15) is 0 Å². The molecular formula is C14H22N4O2. The molecule has 1 N–H and O–H groups in total. The fourth-order valence-electron chi connectivity index (χ4n) is 3.34. The number of rotatable bonds is 3. The summed E-state index contributed by atoms with van der Waals surface area (Å²) in [7, 11) is 0. The molecule has 1 aliphatic heterocycles. The van der Waals surface area contributed by atoms with Crippen molar-refractivity contribution in [1.82, 2.24) is 19.9 Å². The third-order valence-electron chi connectivity index (χ3n) is 4.66. The minimum Gasteiger partial charge on any atom is -0.481 e. The van der Waals surface area contributed by atoms with Gasteiger partial charge < -0.3 is 5.11 Å². The van der Waals surface area contributed by atoms with Crippen LogP contribution in [-0.2, 0) is 17.6 Å². The lowest BCUT2D eigenvalue weighted by atomic mass is 9.89. The second-order valence-corrected chi connectivity index (χ2v) is 6.24. The smallest absolute Gasteiger partial charge is 0.306 e. The summed E-state index contributed by atoms with van der Waals surface area (Å²) in [5, 5.41) is 17.8. The second-order valence-electron chi connectivity index (χ2n) is 6.24. The summed E-state index contributed by atoms with van der Waals surface area (Å²) in [6.45, 7) is 6.49. The Labute approximate surface area is 118 Å². The zero-order chi connectivity index (χ0) is 14.3. The molecule has 2 atom stereocenters. The predicted molar refractivity (Wildman–Crippen MR) is 73.5 cm³/mol. The molecule has 0 bridgehead atoms. The van der Waals surface area contributed by atoms with Crippen LogP contribution in [0.1, 0.15) is 44.1 Å². The average Bonchev–Trinajstić information content (AvgIpc) is 3.03. The van der Waals surface area contributed by atoms with Crippen LogP contribution in [0.3, 0.4) is 0 Å². The van der Waals surface area contributed by atoms with Crippen molar-refractivity contribution in [2.75, 3.05) is 13.1 Å². The number of hydrogen-bond acceptors (Lipinski definition) is 4. The van der Waals surface area contributed by atoms with Crippen LogP contribution in [0.15, 0.2) is 0 Å². The number of carboxylic acid groups (broad SMARTS) is 1. The molecule has 1 fully saturated rings. The van der Waals surface area contributed by atoms with Crippen LogP contribution in [0, 0.1) is 5.92 Å². The van der Waals surface area contributed by atoms with E-state index in [0.29, 0.717) is 24.9 Å². The fraction of sp³-hybridized carbons (Fsp3) is 0.786. The van der Waals surface area contributed by atoms with E-state index in [2.05, 4.69) is 29.1 Å². The minimum absolute atomic E-state index is 0.276. The number of aliphatic carboxylic acids is 1.